The van der Waals surface area contributed by atoms with E-state index in [2.05, 4.69) is 13.0 Å². The molecule has 1 amide bonds. The summed E-state index contributed by atoms with van der Waals surface area (Å²) in [6.07, 6.45) is 11.6. The topological polar surface area (TPSA) is 74.3 Å². The van der Waals surface area contributed by atoms with Gasteiger partial charge in [-0.1, -0.05) is 6.92 Å². The lowest BCUT2D eigenvalue weighted by molar-refractivity contribution is -0.178. The third-order valence-electron chi connectivity index (χ3n) is 9.27. The second-order valence-electron chi connectivity index (χ2n) is 11.6. The fourth-order valence-corrected chi connectivity index (χ4v) is 8.12. The van der Waals surface area contributed by atoms with Crippen molar-refractivity contribution >= 4 is 28.9 Å². The van der Waals surface area contributed by atoms with Crippen LogP contribution in [0.2, 0.25) is 0 Å². The molecule has 206 valence electrons. The van der Waals surface area contributed by atoms with Gasteiger partial charge in [0.25, 0.3) is 0 Å². The van der Waals surface area contributed by atoms with Crippen molar-refractivity contribution in [3.05, 3.63) is 15.8 Å². The monoisotopic (exact) mass is 533 g/mol. The zero-order chi connectivity index (χ0) is 26.0. The van der Waals surface area contributed by atoms with E-state index in [9.17, 15) is 9.59 Å². The van der Waals surface area contributed by atoms with E-state index in [0.717, 1.165) is 82.7 Å². The van der Waals surface area contributed by atoms with Gasteiger partial charge in [-0.3, -0.25) is 4.79 Å². The number of ether oxygens (including phenoxy) is 4. The van der Waals surface area contributed by atoms with Gasteiger partial charge in [0.2, 0.25) is 5.91 Å². The first-order chi connectivity index (χ1) is 17.9. The molecule has 2 heterocycles. The van der Waals surface area contributed by atoms with E-state index in [4.69, 9.17) is 18.9 Å². The van der Waals surface area contributed by atoms with Gasteiger partial charge in [-0.25, -0.2) is 4.79 Å². The molecule has 1 aliphatic heterocycles. The molecule has 0 bridgehead atoms. The number of rotatable bonds is 6. The van der Waals surface area contributed by atoms with Gasteiger partial charge in [0, 0.05) is 36.8 Å². The van der Waals surface area contributed by atoms with Crippen LogP contribution in [0.25, 0.3) is 0 Å². The number of amides is 1. The van der Waals surface area contributed by atoms with Crippen molar-refractivity contribution in [2.75, 3.05) is 32.3 Å². The standard InChI is InChI=1S/C29H43NO6S/c1-19-4-6-21(7-5-19)27(31)30(22-8-10-23(33-2)11-9-22)24-18-25(37-26(24)28(32)34-3)20-12-14-29(15-13-20)35-16-17-36-29/h18-23H,4-17H2,1-3H3/t19-,21-,22-,23-. The van der Waals surface area contributed by atoms with Crippen molar-refractivity contribution in [3.8, 4) is 0 Å². The summed E-state index contributed by atoms with van der Waals surface area (Å²) in [5.41, 5.74) is 0.769. The smallest absolute Gasteiger partial charge is 0.350 e. The van der Waals surface area contributed by atoms with Gasteiger partial charge >= 0.3 is 5.97 Å². The minimum absolute atomic E-state index is 0.0244. The lowest BCUT2D eigenvalue weighted by Gasteiger charge is -2.39. The molecule has 0 aromatic carbocycles. The van der Waals surface area contributed by atoms with Crippen molar-refractivity contribution in [1.82, 2.24) is 0 Å². The molecule has 4 fully saturated rings. The average molecular weight is 534 g/mol. The Morgan fingerprint density at radius 2 is 1.59 bits per heavy atom. The molecule has 7 nitrogen and oxygen atoms in total. The molecular weight excluding hydrogens is 490 g/mol. The molecule has 1 aromatic rings. The Labute approximate surface area is 225 Å². The molecule has 8 heteroatoms. The number of methoxy groups -OCH3 is 2. The van der Waals surface area contributed by atoms with E-state index in [1.165, 1.54) is 23.3 Å². The van der Waals surface area contributed by atoms with Crippen molar-refractivity contribution in [3.63, 3.8) is 0 Å². The van der Waals surface area contributed by atoms with Gasteiger partial charge in [-0.2, -0.15) is 0 Å². The Balaban J connectivity index is 1.44. The zero-order valence-electron chi connectivity index (χ0n) is 22.7. The highest BCUT2D eigenvalue weighted by Gasteiger charge is 2.42. The van der Waals surface area contributed by atoms with Crippen molar-refractivity contribution < 1.29 is 28.5 Å². The minimum Gasteiger partial charge on any atom is -0.465 e. The molecule has 0 atom stereocenters. The summed E-state index contributed by atoms with van der Waals surface area (Å²) < 4.78 is 22.7. The van der Waals surface area contributed by atoms with Crippen molar-refractivity contribution in [2.24, 2.45) is 11.8 Å². The highest BCUT2D eigenvalue weighted by Crippen LogP contribution is 2.47. The molecule has 1 saturated heterocycles. The van der Waals surface area contributed by atoms with Crippen LogP contribution in [-0.2, 0) is 23.7 Å². The quantitative estimate of drug-likeness (QED) is 0.414. The maximum atomic E-state index is 14.2. The molecule has 1 spiro atoms. The highest BCUT2D eigenvalue weighted by molar-refractivity contribution is 7.14. The summed E-state index contributed by atoms with van der Waals surface area (Å²) in [6, 6.07) is 2.22. The Kier molecular flexibility index (Phi) is 8.59. The summed E-state index contributed by atoms with van der Waals surface area (Å²) in [7, 11) is 3.21. The van der Waals surface area contributed by atoms with Crippen LogP contribution < -0.4 is 4.90 Å². The predicted octanol–water partition coefficient (Wildman–Crippen LogP) is 6.05. The molecule has 3 saturated carbocycles. The lowest BCUT2D eigenvalue weighted by atomic mass is 9.81. The molecule has 4 aliphatic rings. The second-order valence-corrected chi connectivity index (χ2v) is 12.7. The summed E-state index contributed by atoms with van der Waals surface area (Å²) >= 11 is 1.52. The number of hydrogen-bond acceptors (Lipinski definition) is 7. The van der Waals surface area contributed by atoms with Crippen LogP contribution in [0.3, 0.4) is 0 Å². The van der Waals surface area contributed by atoms with E-state index in [1.54, 1.807) is 7.11 Å². The van der Waals surface area contributed by atoms with Crippen LogP contribution in [0.4, 0.5) is 5.69 Å². The van der Waals surface area contributed by atoms with Crippen LogP contribution in [0, 0.1) is 11.8 Å². The molecular formula is C29H43NO6S. The number of hydrogen-bond donors (Lipinski definition) is 0. The van der Waals surface area contributed by atoms with E-state index in [-0.39, 0.29) is 29.9 Å². The summed E-state index contributed by atoms with van der Waals surface area (Å²) in [5.74, 6) is 0.463. The van der Waals surface area contributed by atoms with E-state index >= 15 is 0 Å². The molecule has 37 heavy (non-hydrogen) atoms. The average Bonchev–Trinajstić information content (AvgIpc) is 3.57. The van der Waals surface area contributed by atoms with Gasteiger partial charge in [0.15, 0.2) is 5.79 Å². The lowest BCUT2D eigenvalue weighted by Crippen LogP contribution is -2.47. The summed E-state index contributed by atoms with van der Waals surface area (Å²) in [4.78, 5) is 31.0. The first kappa shape index (κ1) is 27.1. The van der Waals surface area contributed by atoms with Crippen LogP contribution in [-0.4, -0.2) is 57.2 Å². The third kappa shape index (κ3) is 5.77. The number of carbonyl (C=O) groups is 2. The molecule has 1 aromatic heterocycles. The number of nitrogens with zero attached hydrogens (tertiary/aromatic N) is 1. The van der Waals surface area contributed by atoms with Crippen molar-refractivity contribution in [2.45, 2.75) is 108 Å². The van der Waals surface area contributed by atoms with Crippen molar-refractivity contribution in [1.29, 1.82) is 0 Å². The van der Waals surface area contributed by atoms with Gasteiger partial charge in [0.05, 0.1) is 32.1 Å². The maximum absolute atomic E-state index is 14.2. The van der Waals surface area contributed by atoms with Crippen LogP contribution >= 0.6 is 11.3 Å². The van der Waals surface area contributed by atoms with Crippen LogP contribution in [0.5, 0.6) is 0 Å². The fourth-order valence-electron chi connectivity index (χ4n) is 6.89. The molecule has 0 unspecified atom stereocenters. The number of thiophene rings is 1. The minimum atomic E-state index is -0.415. The van der Waals surface area contributed by atoms with Crippen LogP contribution in [0.1, 0.15) is 104 Å². The summed E-state index contributed by atoms with van der Waals surface area (Å²) in [6.45, 7) is 3.62. The fraction of sp³-hybridized carbons (Fsp3) is 0.793. The number of esters is 1. The van der Waals surface area contributed by atoms with Gasteiger partial charge in [0.1, 0.15) is 4.88 Å². The normalized spacial score (nSPS) is 30.4. The van der Waals surface area contributed by atoms with Gasteiger partial charge in [-0.05, 0) is 82.1 Å². The van der Waals surface area contributed by atoms with E-state index < -0.39 is 5.79 Å². The first-order valence-corrected chi connectivity index (χ1v) is 15.1. The highest BCUT2D eigenvalue weighted by atomic mass is 32.1. The first-order valence-electron chi connectivity index (χ1n) is 14.3. The number of carbonyl (C=O) groups excluding carboxylic acids is 2. The van der Waals surface area contributed by atoms with E-state index in [1.807, 2.05) is 4.90 Å². The second kappa shape index (κ2) is 11.7. The largest absolute Gasteiger partial charge is 0.465 e. The number of anilines is 1. The van der Waals surface area contributed by atoms with Gasteiger partial charge in [-0.15, -0.1) is 11.3 Å². The molecule has 3 aliphatic carbocycles. The Bertz CT molecular complexity index is 930. The third-order valence-corrected chi connectivity index (χ3v) is 10.5. The Morgan fingerprint density at radius 1 is 0.946 bits per heavy atom. The summed E-state index contributed by atoms with van der Waals surface area (Å²) in [5, 5.41) is 0. The zero-order valence-corrected chi connectivity index (χ0v) is 23.5. The maximum Gasteiger partial charge on any atom is 0.350 e. The molecule has 0 N–H and O–H groups in total. The van der Waals surface area contributed by atoms with Crippen LogP contribution in [0.15, 0.2) is 6.07 Å². The van der Waals surface area contributed by atoms with Gasteiger partial charge < -0.3 is 23.8 Å². The SMILES string of the molecule is COC(=O)c1sc(C2CCC3(CC2)OCCO3)cc1N(C(=O)[C@H]1CC[C@H](C)CC1)[C@H]1CC[C@H](OC)CC1. The molecule has 5 rings (SSSR count). The molecule has 0 radical (unpaired) electrons. The predicted molar refractivity (Wildman–Crippen MR) is 143 cm³/mol. The Hall–Kier alpha value is -1.48. The van der Waals surface area contributed by atoms with E-state index in [0.29, 0.717) is 29.9 Å². The Morgan fingerprint density at radius 3 is 2.19 bits per heavy atom.